The molecule has 5 aromatic carbocycles. The van der Waals surface area contributed by atoms with E-state index < -0.39 is 7.26 Å². The van der Waals surface area contributed by atoms with E-state index in [-0.39, 0.29) is 0 Å². The number of hydrogen-bond acceptors (Lipinski definition) is 9. The summed E-state index contributed by atoms with van der Waals surface area (Å²) < 4.78 is 29.2. The zero-order chi connectivity index (χ0) is 37.2. The van der Waals surface area contributed by atoms with E-state index in [2.05, 4.69) is 119 Å². The molecule has 1 fully saturated rings. The van der Waals surface area contributed by atoms with Crippen LogP contribution in [0.15, 0.2) is 138 Å². The van der Waals surface area contributed by atoms with Crippen LogP contribution in [0, 0.1) is 4.37 Å². The van der Waals surface area contributed by atoms with E-state index in [1.807, 2.05) is 31.2 Å². The van der Waals surface area contributed by atoms with Crippen LogP contribution in [0.2, 0.25) is 0 Å². The van der Waals surface area contributed by atoms with Gasteiger partial charge in [0.05, 0.1) is 0 Å². The first kappa shape index (κ1) is 36.1. The topological polar surface area (TPSA) is 113 Å². The summed E-state index contributed by atoms with van der Waals surface area (Å²) in [4.78, 5) is 0. The van der Waals surface area contributed by atoms with Gasteiger partial charge in [0.15, 0.2) is 0 Å². The van der Waals surface area contributed by atoms with Crippen LogP contribution in [0.1, 0.15) is 25.0 Å². The predicted molar refractivity (Wildman–Crippen MR) is 226 cm³/mol. The predicted octanol–water partition coefficient (Wildman–Crippen LogP) is 8.67. The normalized spacial score (nSPS) is 15.4. The summed E-state index contributed by atoms with van der Waals surface area (Å²) in [6, 6.07) is 36.5. The van der Waals surface area contributed by atoms with Gasteiger partial charge in [-0.3, -0.25) is 0 Å². The second kappa shape index (κ2) is 15.5. The molecule has 0 atom stereocenters. The van der Waals surface area contributed by atoms with Crippen molar-refractivity contribution >= 4 is 91.7 Å². The minimum atomic E-state index is -2.62. The van der Waals surface area contributed by atoms with Crippen LogP contribution < -0.4 is 27.4 Å². The Morgan fingerprint density at radius 3 is 1.74 bits per heavy atom. The summed E-state index contributed by atoms with van der Waals surface area (Å²) in [6.45, 7) is 5.08. The van der Waals surface area contributed by atoms with Crippen molar-refractivity contribution in [1.82, 2.24) is 17.5 Å². The number of hydrogen-bond donors (Lipinski definition) is 2. The Hall–Kier alpha value is -4.89. The van der Waals surface area contributed by atoms with Crippen molar-refractivity contribution < 1.29 is 22.7 Å². The fourth-order valence-electron chi connectivity index (χ4n) is 7.37. The Labute approximate surface area is 332 Å². The van der Waals surface area contributed by atoms with E-state index in [1.54, 1.807) is 17.9 Å². The average Bonchev–Trinajstić information content (AvgIpc) is 4.00. The first-order valence-corrected chi connectivity index (χ1v) is 21.9. The molecule has 0 aliphatic carbocycles. The number of rotatable bonds is 8. The van der Waals surface area contributed by atoms with Gasteiger partial charge in [0, 0.05) is 0 Å². The van der Waals surface area contributed by atoms with Crippen LogP contribution in [0.4, 0.5) is 11.4 Å². The van der Waals surface area contributed by atoms with Gasteiger partial charge in [0.2, 0.25) is 0 Å². The number of allylic oxidation sites excluding steroid dienone is 5. The Kier molecular flexibility index (Phi) is 10.3. The van der Waals surface area contributed by atoms with Gasteiger partial charge in [-0.1, -0.05) is 6.08 Å². The quantitative estimate of drug-likeness (QED) is 0.116. The molecule has 3 heterocycles. The molecule has 7 aromatic rings. The van der Waals surface area contributed by atoms with Gasteiger partial charge in [-0.05, 0) is 6.92 Å². The minimum absolute atomic E-state index is 0.492. The number of nitrogens with zero attached hydrogens (tertiary/aromatic N) is 4. The maximum absolute atomic E-state index is 7.22. The molecular formula is C43H35N6OOsPS2+. The van der Waals surface area contributed by atoms with Crippen LogP contribution in [0.25, 0.3) is 44.8 Å². The van der Waals surface area contributed by atoms with E-state index in [9.17, 15) is 0 Å². The molecule has 2 aromatic heterocycles. The van der Waals surface area contributed by atoms with Crippen LogP contribution >= 0.6 is 30.7 Å². The zero-order valence-corrected chi connectivity index (χ0v) is 34.6. The summed E-state index contributed by atoms with van der Waals surface area (Å²) in [5.41, 5.74) is 24.4. The third-order valence-electron chi connectivity index (χ3n) is 9.75. The Morgan fingerprint density at radius 1 is 0.704 bits per heavy atom. The number of benzene rings is 5. The average molecular weight is 937 g/mol. The third-order valence-corrected chi connectivity index (χ3v) is 16.2. The van der Waals surface area contributed by atoms with Crippen LogP contribution in [0.5, 0.6) is 0 Å². The molecule has 1 aliphatic rings. The molecule has 11 heteroatoms. The van der Waals surface area contributed by atoms with Gasteiger partial charge in [0.1, 0.15) is 0 Å². The molecule has 1 aliphatic heterocycles. The standard InChI is InChI=1S/C43H35N6OPS2.Os/c1-4-15-29-23-36(44)38(42-40(29)46-52-48-42)39-37(45)24-35(41-43(39)49-53-47-41)34(22-30-26-50-25-28(30)5-2)27(3)51(31-16-9-6-10-17-31,32-18-11-7-12-19-32)33-20-13-8-14-21-33;/h4-24H,25-26,44-45H2,1-2H3;/q+1;/b15-4+,28-5?,30-22?,34-27?;. The van der Waals surface area contributed by atoms with Crippen molar-refractivity contribution in [2.45, 2.75) is 13.8 Å². The van der Waals surface area contributed by atoms with E-state index in [0.717, 1.165) is 67.7 Å². The summed E-state index contributed by atoms with van der Waals surface area (Å²) >= 11 is 4.07. The first-order valence-electron chi connectivity index (χ1n) is 17.3. The zero-order valence-electron chi connectivity index (χ0n) is 29.5. The molecule has 54 heavy (non-hydrogen) atoms. The van der Waals surface area contributed by atoms with Crippen molar-refractivity contribution in [3.63, 3.8) is 0 Å². The van der Waals surface area contributed by atoms with Gasteiger partial charge in [-0.25, -0.2) is 0 Å². The second-order valence-electron chi connectivity index (χ2n) is 12.7. The van der Waals surface area contributed by atoms with Gasteiger partial charge < -0.3 is 0 Å². The SMILES string of the molecule is CC=C1COCC1=CC(=C([C]#[Os])[P+](c1ccccc1)(c1ccccc1)c1ccccc1)c1cc(N)c(-c2c(N)cc(/C=C/C)c3nsnc23)c2nsnc12. The van der Waals surface area contributed by atoms with Crippen molar-refractivity contribution in [1.29, 1.82) is 0 Å². The van der Waals surface area contributed by atoms with E-state index in [1.165, 1.54) is 15.9 Å². The summed E-state index contributed by atoms with van der Waals surface area (Å²) in [6.07, 6.45) is 8.38. The monoisotopic (exact) mass is 938 g/mol. The molecule has 0 radical (unpaired) electrons. The molecule has 267 valence electrons. The number of fused-ring (bicyclic) bond motifs is 2. The van der Waals surface area contributed by atoms with Crippen LogP contribution in [-0.4, -0.2) is 30.7 Å². The molecule has 0 amide bonds. The number of anilines is 2. The number of nitrogens with two attached hydrogens (primary N) is 2. The summed E-state index contributed by atoms with van der Waals surface area (Å²) in [7, 11) is -2.62. The molecule has 0 spiro atoms. The van der Waals surface area contributed by atoms with E-state index >= 15 is 0 Å². The molecule has 8 rings (SSSR count). The fourth-order valence-corrected chi connectivity index (χ4v) is 14.3. The Morgan fingerprint density at radius 2 is 1.20 bits per heavy atom. The Balaban J connectivity index is 1.53. The Bertz CT molecular complexity index is 2600. The maximum atomic E-state index is 7.22. The van der Waals surface area contributed by atoms with Crippen LogP contribution in [-0.2, 0) is 22.7 Å². The van der Waals surface area contributed by atoms with Gasteiger partial charge in [-0.2, -0.15) is 0 Å². The second-order valence-corrected chi connectivity index (χ2v) is 17.8. The molecule has 4 N–H and O–H groups in total. The summed E-state index contributed by atoms with van der Waals surface area (Å²) in [5.74, 6) is 0. The molecule has 0 unspecified atom stereocenters. The number of ether oxygens (including phenoxy) is 1. The van der Waals surface area contributed by atoms with E-state index in [4.69, 9.17) is 29.3 Å². The van der Waals surface area contributed by atoms with Crippen molar-refractivity contribution in [3.8, 4) is 15.5 Å². The molecule has 7 nitrogen and oxygen atoms in total. The molecule has 0 saturated carbocycles. The summed E-state index contributed by atoms with van der Waals surface area (Å²) in [5, 5.41) is 4.71. The molecule has 1 saturated heterocycles. The molecular weight excluding hydrogens is 902 g/mol. The van der Waals surface area contributed by atoms with Gasteiger partial charge in [0.25, 0.3) is 0 Å². The first-order chi connectivity index (χ1) is 26.5. The number of nitrogen functional groups attached to an aromatic ring is 2. The van der Waals surface area contributed by atoms with Crippen molar-refractivity contribution in [2.75, 3.05) is 24.7 Å². The van der Waals surface area contributed by atoms with Crippen molar-refractivity contribution in [3.05, 3.63) is 149 Å². The fraction of sp³-hybridized carbons (Fsp3) is 0.0930. The number of aromatic nitrogens is 4. The molecule has 0 bridgehead atoms. The van der Waals surface area contributed by atoms with E-state index in [0.29, 0.717) is 46.7 Å². The van der Waals surface area contributed by atoms with Gasteiger partial charge >= 0.3 is 322 Å². The van der Waals surface area contributed by atoms with Crippen molar-refractivity contribution in [2.24, 2.45) is 0 Å². The van der Waals surface area contributed by atoms with Gasteiger partial charge in [-0.15, -0.1) is 0 Å². The van der Waals surface area contributed by atoms with Crippen LogP contribution in [0.3, 0.4) is 0 Å². The third kappa shape index (κ3) is 6.10.